The largest absolute Gasteiger partial charge is 0.379 e. The topological polar surface area (TPSA) is 41.1 Å². The molecule has 0 radical (unpaired) electrons. The number of anilines is 1. The summed E-state index contributed by atoms with van der Waals surface area (Å²) in [5.41, 5.74) is 2.24. The summed E-state index contributed by atoms with van der Waals surface area (Å²) in [5.74, 6) is 0.908. The van der Waals surface area contributed by atoms with E-state index in [1.54, 1.807) is 11.3 Å². The van der Waals surface area contributed by atoms with Gasteiger partial charge in [0.15, 0.2) is 0 Å². The molecule has 3 nitrogen and oxygen atoms in total. The molecule has 0 spiro atoms. The lowest BCUT2D eigenvalue weighted by atomic mass is 9.81. The quantitative estimate of drug-likeness (QED) is 0.891. The van der Waals surface area contributed by atoms with Crippen LogP contribution in [0, 0.1) is 5.92 Å². The smallest absolute Gasteiger partial charge is 0.254 e. The lowest BCUT2D eigenvalue weighted by Crippen LogP contribution is -2.43. The van der Waals surface area contributed by atoms with E-state index in [4.69, 9.17) is 0 Å². The Morgan fingerprint density at radius 2 is 2.00 bits per heavy atom. The zero-order valence-corrected chi connectivity index (χ0v) is 12.5. The van der Waals surface area contributed by atoms with Crippen LogP contribution in [0.15, 0.2) is 0 Å². The van der Waals surface area contributed by atoms with Gasteiger partial charge in [-0.2, -0.15) is 0 Å². The second kappa shape index (κ2) is 5.16. The van der Waals surface area contributed by atoms with Crippen LogP contribution < -0.4 is 10.6 Å². The fraction of sp³-hybridized carbons (Fsp3) is 0.667. The summed E-state index contributed by atoms with van der Waals surface area (Å²) in [4.78, 5) is 13.9. The highest BCUT2D eigenvalue weighted by Crippen LogP contribution is 2.38. The number of fused-ring (bicyclic) bond motifs is 1. The summed E-state index contributed by atoms with van der Waals surface area (Å²) in [6, 6.07) is 0.395. The minimum Gasteiger partial charge on any atom is -0.379 e. The number of rotatable bonds is 3. The van der Waals surface area contributed by atoms with E-state index in [1.165, 1.54) is 23.3 Å². The van der Waals surface area contributed by atoms with E-state index in [-0.39, 0.29) is 5.91 Å². The Morgan fingerprint density at radius 3 is 2.68 bits per heavy atom. The van der Waals surface area contributed by atoms with Gasteiger partial charge in [-0.3, -0.25) is 4.79 Å². The van der Waals surface area contributed by atoms with E-state index in [0.29, 0.717) is 6.04 Å². The Morgan fingerprint density at radius 1 is 1.26 bits per heavy atom. The highest BCUT2D eigenvalue weighted by molar-refractivity contribution is 7.16. The first-order valence-electron chi connectivity index (χ1n) is 7.32. The van der Waals surface area contributed by atoms with E-state index < -0.39 is 0 Å². The molecule has 0 aromatic carbocycles. The number of carbonyl (C=O) groups excluding carboxylic acids is 1. The zero-order valence-electron chi connectivity index (χ0n) is 11.7. The third kappa shape index (κ3) is 2.38. The maximum Gasteiger partial charge on any atom is 0.254 e. The molecule has 1 saturated carbocycles. The van der Waals surface area contributed by atoms with Gasteiger partial charge in [0.05, 0.1) is 5.56 Å². The first-order valence-corrected chi connectivity index (χ1v) is 8.13. The zero-order chi connectivity index (χ0) is 13.4. The van der Waals surface area contributed by atoms with Gasteiger partial charge in [-0.05, 0) is 50.0 Å². The van der Waals surface area contributed by atoms with E-state index >= 15 is 0 Å². The summed E-state index contributed by atoms with van der Waals surface area (Å²) >= 11 is 1.77. The van der Waals surface area contributed by atoms with Crippen molar-refractivity contribution in [3.05, 3.63) is 16.0 Å². The number of hydrogen-bond donors (Lipinski definition) is 2. The summed E-state index contributed by atoms with van der Waals surface area (Å²) in [6.45, 7) is 2.24. The number of amides is 1. The minimum absolute atomic E-state index is 0.139. The molecule has 2 aliphatic carbocycles. The molecule has 19 heavy (non-hydrogen) atoms. The lowest BCUT2D eigenvalue weighted by Gasteiger charge is -2.33. The number of hydrogen-bond acceptors (Lipinski definition) is 3. The molecule has 4 heteroatoms. The van der Waals surface area contributed by atoms with Crippen LogP contribution in [0.5, 0.6) is 0 Å². The monoisotopic (exact) mass is 278 g/mol. The fourth-order valence-electron chi connectivity index (χ4n) is 3.26. The van der Waals surface area contributed by atoms with Crippen LogP contribution in [0.25, 0.3) is 0 Å². The van der Waals surface area contributed by atoms with Crippen LogP contribution in [0.3, 0.4) is 0 Å². The molecule has 1 heterocycles. The van der Waals surface area contributed by atoms with Crippen molar-refractivity contribution in [2.75, 3.05) is 12.4 Å². The second-order valence-electron chi connectivity index (χ2n) is 5.91. The maximum atomic E-state index is 12.5. The van der Waals surface area contributed by atoms with Crippen LogP contribution in [-0.4, -0.2) is 19.0 Å². The molecule has 0 bridgehead atoms. The van der Waals surface area contributed by atoms with Crippen LogP contribution >= 0.6 is 11.3 Å². The van der Waals surface area contributed by atoms with Crippen molar-refractivity contribution >= 4 is 22.2 Å². The second-order valence-corrected chi connectivity index (χ2v) is 7.02. The molecule has 1 aromatic heterocycles. The molecular weight excluding hydrogens is 256 g/mol. The molecule has 0 aliphatic heterocycles. The molecular formula is C15H22N2OS. The first kappa shape index (κ1) is 13.0. The van der Waals surface area contributed by atoms with Gasteiger partial charge in [0.2, 0.25) is 0 Å². The third-order valence-corrected chi connectivity index (χ3v) is 5.64. The molecule has 104 valence electrons. The molecule has 0 atom stereocenters. The molecule has 0 unspecified atom stereocenters. The summed E-state index contributed by atoms with van der Waals surface area (Å²) in [5, 5.41) is 7.46. The third-order valence-electron chi connectivity index (χ3n) is 4.33. The van der Waals surface area contributed by atoms with Gasteiger partial charge in [0, 0.05) is 18.0 Å². The van der Waals surface area contributed by atoms with Crippen molar-refractivity contribution in [1.29, 1.82) is 0 Å². The standard InChI is InChI=1S/C15H22N2OS/c1-9-7-10(8-9)17-14(18)13-11-5-3-4-6-12(11)19-15(13)16-2/h9-10,16H,3-8H2,1-2H3,(H,17,18). The molecule has 1 amide bonds. The van der Waals surface area contributed by atoms with Crippen LogP contribution in [0.2, 0.25) is 0 Å². The number of carbonyl (C=O) groups is 1. The normalized spacial score (nSPS) is 25.4. The molecule has 1 aromatic rings. The maximum absolute atomic E-state index is 12.5. The predicted molar refractivity (Wildman–Crippen MR) is 80.2 cm³/mol. The van der Waals surface area contributed by atoms with Crippen molar-refractivity contribution in [3.8, 4) is 0 Å². The molecule has 0 saturated heterocycles. The highest BCUT2D eigenvalue weighted by atomic mass is 32.1. The van der Waals surface area contributed by atoms with Crippen LogP contribution in [-0.2, 0) is 12.8 Å². The van der Waals surface area contributed by atoms with Crippen molar-refractivity contribution in [2.45, 2.75) is 51.5 Å². The van der Waals surface area contributed by atoms with Gasteiger partial charge in [-0.1, -0.05) is 6.92 Å². The van der Waals surface area contributed by atoms with Crippen LogP contribution in [0.4, 0.5) is 5.00 Å². The highest BCUT2D eigenvalue weighted by Gasteiger charge is 2.30. The molecule has 2 aliphatic rings. The van der Waals surface area contributed by atoms with Crippen molar-refractivity contribution in [2.24, 2.45) is 5.92 Å². The van der Waals surface area contributed by atoms with Gasteiger partial charge in [-0.25, -0.2) is 0 Å². The Kier molecular flexibility index (Phi) is 3.52. The summed E-state index contributed by atoms with van der Waals surface area (Å²) in [6.07, 6.45) is 6.95. The SMILES string of the molecule is CNc1sc2c(c1C(=O)NC1CC(C)C1)CCCC2. The van der Waals surface area contributed by atoms with Gasteiger partial charge in [0.1, 0.15) is 5.00 Å². The van der Waals surface area contributed by atoms with Crippen molar-refractivity contribution in [3.63, 3.8) is 0 Å². The van der Waals surface area contributed by atoms with E-state index in [2.05, 4.69) is 17.6 Å². The average molecular weight is 278 g/mol. The van der Waals surface area contributed by atoms with Gasteiger partial charge >= 0.3 is 0 Å². The van der Waals surface area contributed by atoms with E-state index in [0.717, 1.165) is 42.2 Å². The van der Waals surface area contributed by atoms with Crippen molar-refractivity contribution < 1.29 is 4.79 Å². The Bertz CT molecular complexity index is 489. The Balaban J connectivity index is 1.82. The minimum atomic E-state index is 0.139. The fourth-order valence-corrected chi connectivity index (χ4v) is 4.50. The Labute approximate surface area is 118 Å². The average Bonchev–Trinajstić information content (AvgIpc) is 2.75. The molecule has 2 N–H and O–H groups in total. The van der Waals surface area contributed by atoms with E-state index in [1.807, 2.05) is 7.05 Å². The predicted octanol–water partition coefficient (Wildman–Crippen LogP) is 3.20. The molecule has 1 fully saturated rings. The first-order chi connectivity index (χ1) is 9.19. The summed E-state index contributed by atoms with van der Waals surface area (Å²) in [7, 11) is 1.92. The van der Waals surface area contributed by atoms with Gasteiger partial charge < -0.3 is 10.6 Å². The van der Waals surface area contributed by atoms with Gasteiger partial charge in [0.25, 0.3) is 5.91 Å². The van der Waals surface area contributed by atoms with E-state index in [9.17, 15) is 4.79 Å². The number of aryl methyl sites for hydroxylation is 1. The number of nitrogens with one attached hydrogen (secondary N) is 2. The van der Waals surface area contributed by atoms with Crippen molar-refractivity contribution in [1.82, 2.24) is 5.32 Å². The lowest BCUT2D eigenvalue weighted by molar-refractivity contribution is 0.0896. The number of thiophene rings is 1. The van der Waals surface area contributed by atoms with Gasteiger partial charge in [-0.15, -0.1) is 11.3 Å². The Hall–Kier alpha value is -1.03. The molecule has 3 rings (SSSR count). The van der Waals surface area contributed by atoms with Crippen LogP contribution in [0.1, 0.15) is 53.4 Å². The summed E-state index contributed by atoms with van der Waals surface area (Å²) < 4.78 is 0.